The number of benzene rings is 1. The van der Waals surface area contributed by atoms with E-state index in [1.165, 1.54) is 35.9 Å². The molecule has 4 aromatic rings. The highest BCUT2D eigenvalue weighted by Crippen LogP contribution is 2.26. The second-order valence-electron chi connectivity index (χ2n) is 8.60. The molecule has 0 aliphatic heterocycles. The molecule has 9 heteroatoms. The fourth-order valence-electron chi connectivity index (χ4n) is 4.09. The Hall–Kier alpha value is -3.72. The molecule has 34 heavy (non-hydrogen) atoms. The van der Waals surface area contributed by atoms with E-state index in [9.17, 15) is 18.4 Å². The van der Waals surface area contributed by atoms with Crippen LogP contribution in [0.5, 0.6) is 0 Å². The molecule has 3 aromatic heterocycles. The van der Waals surface area contributed by atoms with Crippen molar-refractivity contribution in [3.63, 3.8) is 0 Å². The van der Waals surface area contributed by atoms with E-state index in [1.54, 1.807) is 36.5 Å². The van der Waals surface area contributed by atoms with Gasteiger partial charge in [0.05, 0.1) is 0 Å². The van der Waals surface area contributed by atoms with Crippen molar-refractivity contribution in [2.45, 2.75) is 32.4 Å². The first-order chi connectivity index (χ1) is 16.5. The molecule has 0 atom stereocenters. The molecule has 0 radical (unpaired) electrons. The Morgan fingerprint density at radius 2 is 1.97 bits per heavy atom. The van der Waals surface area contributed by atoms with Gasteiger partial charge in [0.15, 0.2) is 11.6 Å². The summed E-state index contributed by atoms with van der Waals surface area (Å²) in [7, 11) is 0. The number of carbonyl (C=O) groups excluding carboxylic acids is 1. The third-order valence-corrected chi connectivity index (χ3v) is 6.22. The van der Waals surface area contributed by atoms with Crippen molar-refractivity contribution >= 4 is 22.5 Å². The second-order valence-corrected chi connectivity index (χ2v) is 8.60. The van der Waals surface area contributed by atoms with Crippen molar-refractivity contribution in [3.05, 3.63) is 87.6 Å². The minimum atomic E-state index is -0.977. The van der Waals surface area contributed by atoms with Gasteiger partial charge in [0.25, 0.3) is 11.5 Å². The number of nitrogens with zero attached hydrogens (tertiary/aromatic N) is 3. The largest absolute Gasteiger partial charge is 0.347 e. The van der Waals surface area contributed by atoms with Gasteiger partial charge in [-0.25, -0.2) is 13.8 Å². The van der Waals surface area contributed by atoms with Crippen LogP contribution in [0.25, 0.3) is 16.6 Å². The van der Waals surface area contributed by atoms with Crippen LogP contribution < -0.4 is 16.2 Å². The van der Waals surface area contributed by atoms with Gasteiger partial charge in [0, 0.05) is 42.5 Å². The lowest BCUT2D eigenvalue weighted by atomic mass is 9.85. The first-order valence-corrected chi connectivity index (χ1v) is 11.2. The highest BCUT2D eigenvalue weighted by Gasteiger charge is 2.19. The lowest BCUT2D eigenvalue weighted by molar-refractivity contribution is 0.0946. The Kier molecular flexibility index (Phi) is 6.02. The van der Waals surface area contributed by atoms with Crippen LogP contribution in [-0.4, -0.2) is 26.8 Å². The molecule has 0 saturated heterocycles. The maximum absolute atomic E-state index is 14.6. The van der Waals surface area contributed by atoms with Gasteiger partial charge in [-0.15, -0.1) is 0 Å². The molecule has 1 saturated carbocycles. The summed E-state index contributed by atoms with van der Waals surface area (Å²) in [5, 5.41) is 6.36. The van der Waals surface area contributed by atoms with Crippen molar-refractivity contribution in [2.75, 3.05) is 6.54 Å². The summed E-state index contributed by atoms with van der Waals surface area (Å²) in [5.41, 5.74) is 0.797. The Labute approximate surface area is 193 Å². The van der Waals surface area contributed by atoms with Gasteiger partial charge in [0.2, 0.25) is 0 Å². The molecule has 2 N–H and O–H groups in total. The van der Waals surface area contributed by atoms with Crippen LogP contribution >= 0.6 is 0 Å². The molecule has 0 unspecified atom stereocenters. The van der Waals surface area contributed by atoms with E-state index >= 15 is 0 Å². The lowest BCUT2D eigenvalue weighted by Crippen LogP contribution is -2.27. The number of carbonyl (C=O) groups is 1. The average molecular weight is 463 g/mol. The number of aromatic nitrogens is 3. The lowest BCUT2D eigenvalue weighted by Gasteiger charge is -2.25. The Bertz CT molecular complexity index is 1450. The van der Waals surface area contributed by atoms with Crippen LogP contribution in [0.2, 0.25) is 0 Å². The third kappa shape index (κ3) is 4.38. The van der Waals surface area contributed by atoms with Crippen LogP contribution in [0, 0.1) is 17.6 Å². The van der Waals surface area contributed by atoms with Crippen LogP contribution in [-0.2, 0) is 13.1 Å². The fourth-order valence-corrected chi connectivity index (χ4v) is 4.09. The number of halogens is 2. The summed E-state index contributed by atoms with van der Waals surface area (Å²) in [5.74, 6) is -1.78. The molecule has 1 aliphatic rings. The van der Waals surface area contributed by atoms with E-state index in [-0.39, 0.29) is 35.4 Å². The molecule has 0 bridgehead atoms. The zero-order valence-corrected chi connectivity index (χ0v) is 18.4. The number of hydrogen-bond donors (Lipinski definition) is 2. The van der Waals surface area contributed by atoms with Crippen molar-refractivity contribution in [1.29, 1.82) is 0 Å². The molecule has 1 fully saturated rings. The molecule has 174 valence electrons. The second kappa shape index (κ2) is 9.26. The van der Waals surface area contributed by atoms with Crippen LogP contribution in [0.3, 0.4) is 0 Å². The van der Waals surface area contributed by atoms with E-state index in [4.69, 9.17) is 0 Å². The summed E-state index contributed by atoms with van der Waals surface area (Å²) in [6.45, 7) is 1.11. The van der Waals surface area contributed by atoms with Crippen LogP contribution in [0.4, 0.5) is 8.78 Å². The quantitative estimate of drug-likeness (QED) is 0.439. The standard InChI is InChI=1S/C25H23F2N5O2/c26-22-18(14-28-11-15-4-3-5-15)9-17-8-16(12-29-24(17)23(22)27)13-30-25(34)19-10-21(33)32-7-2-1-6-20(32)31-19/h1-2,6-10,12,15,28H,3-5,11,13-14H2,(H,30,34). The number of pyridine rings is 2. The molecular formula is C25H23F2N5O2. The summed E-state index contributed by atoms with van der Waals surface area (Å²) in [6.07, 6.45) is 6.54. The van der Waals surface area contributed by atoms with Crippen LogP contribution in [0.1, 0.15) is 40.9 Å². The number of fused-ring (bicyclic) bond motifs is 2. The smallest absolute Gasteiger partial charge is 0.270 e. The summed E-state index contributed by atoms with van der Waals surface area (Å²) >= 11 is 0. The van der Waals surface area contributed by atoms with Gasteiger partial charge in [-0.3, -0.25) is 19.0 Å². The zero-order valence-electron chi connectivity index (χ0n) is 18.4. The van der Waals surface area contributed by atoms with E-state index in [0.717, 1.165) is 6.54 Å². The Morgan fingerprint density at radius 1 is 1.12 bits per heavy atom. The highest BCUT2D eigenvalue weighted by atomic mass is 19.2. The minimum Gasteiger partial charge on any atom is -0.347 e. The normalized spacial score (nSPS) is 13.8. The van der Waals surface area contributed by atoms with E-state index in [2.05, 4.69) is 20.6 Å². The fraction of sp³-hybridized carbons (Fsp3) is 0.280. The molecule has 5 rings (SSSR count). The minimum absolute atomic E-state index is 0.00196. The van der Waals surface area contributed by atoms with Crippen LogP contribution in [0.15, 0.2) is 53.6 Å². The van der Waals surface area contributed by atoms with Gasteiger partial charge in [0.1, 0.15) is 16.9 Å². The summed E-state index contributed by atoms with van der Waals surface area (Å²) < 4.78 is 30.4. The van der Waals surface area contributed by atoms with E-state index < -0.39 is 17.5 Å². The maximum atomic E-state index is 14.6. The van der Waals surface area contributed by atoms with Crippen molar-refractivity contribution < 1.29 is 13.6 Å². The SMILES string of the molecule is O=C(NCc1cnc2c(F)c(F)c(CNCC3CCC3)cc2c1)c1cc(=O)n2ccccc2n1. The molecule has 1 aliphatic carbocycles. The number of nitrogens with one attached hydrogen (secondary N) is 2. The number of hydrogen-bond acceptors (Lipinski definition) is 5. The van der Waals surface area contributed by atoms with Gasteiger partial charge in [-0.2, -0.15) is 0 Å². The van der Waals surface area contributed by atoms with Crippen molar-refractivity contribution in [2.24, 2.45) is 5.92 Å². The van der Waals surface area contributed by atoms with E-state index in [1.807, 2.05) is 0 Å². The van der Waals surface area contributed by atoms with Gasteiger partial charge >= 0.3 is 0 Å². The van der Waals surface area contributed by atoms with Crippen molar-refractivity contribution in [3.8, 4) is 0 Å². The molecule has 0 spiro atoms. The molecule has 7 nitrogen and oxygen atoms in total. The van der Waals surface area contributed by atoms with Gasteiger partial charge in [-0.1, -0.05) is 12.5 Å². The first kappa shape index (κ1) is 22.1. The Balaban J connectivity index is 1.32. The number of rotatable bonds is 7. The predicted molar refractivity (Wildman–Crippen MR) is 123 cm³/mol. The average Bonchev–Trinajstić information content (AvgIpc) is 2.82. The third-order valence-electron chi connectivity index (χ3n) is 6.22. The molecular weight excluding hydrogens is 440 g/mol. The predicted octanol–water partition coefficient (Wildman–Crippen LogP) is 3.34. The van der Waals surface area contributed by atoms with Gasteiger partial charge in [-0.05, 0) is 55.1 Å². The first-order valence-electron chi connectivity index (χ1n) is 11.2. The highest BCUT2D eigenvalue weighted by molar-refractivity contribution is 5.92. The molecule has 3 heterocycles. The monoisotopic (exact) mass is 463 g/mol. The molecule has 1 aromatic carbocycles. The molecule has 1 amide bonds. The van der Waals surface area contributed by atoms with E-state index in [0.29, 0.717) is 22.5 Å². The number of amides is 1. The van der Waals surface area contributed by atoms with Crippen molar-refractivity contribution in [1.82, 2.24) is 25.0 Å². The Morgan fingerprint density at radius 3 is 2.76 bits per heavy atom. The maximum Gasteiger partial charge on any atom is 0.270 e. The summed E-state index contributed by atoms with van der Waals surface area (Å²) in [4.78, 5) is 33.1. The summed E-state index contributed by atoms with van der Waals surface area (Å²) in [6, 6.07) is 9.49. The topological polar surface area (TPSA) is 88.4 Å². The van der Waals surface area contributed by atoms with Gasteiger partial charge < -0.3 is 10.6 Å². The zero-order chi connectivity index (χ0) is 23.7.